The van der Waals surface area contributed by atoms with Gasteiger partial charge in [0.2, 0.25) is 0 Å². The second kappa shape index (κ2) is 8.24. The summed E-state index contributed by atoms with van der Waals surface area (Å²) in [4.78, 5) is 20.5. The van der Waals surface area contributed by atoms with Crippen LogP contribution in [0.2, 0.25) is 0 Å². The van der Waals surface area contributed by atoms with Gasteiger partial charge in [0.1, 0.15) is 12.1 Å². The highest BCUT2D eigenvalue weighted by Gasteiger charge is 2.30. The van der Waals surface area contributed by atoms with Crippen molar-refractivity contribution in [3.05, 3.63) is 47.9 Å². The molecule has 0 bridgehead atoms. The maximum atomic E-state index is 12.6. The van der Waals surface area contributed by atoms with Gasteiger partial charge in [-0.2, -0.15) is 18.3 Å². The van der Waals surface area contributed by atoms with Gasteiger partial charge in [0.25, 0.3) is 5.91 Å². The zero-order chi connectivity index (χ0) is 20.1. The summed E-state index contributed by atoms with van der Waals surface area (Å²) in [5.74, 6) is 0.247. The van der Waals surface area contributed by atoms with Gasteiger partial charge >= 0.3 is 6.18 Å². The van der Waals surface area contributed by atoms with Crippen molar-refractivity contribution >= 4 is 22.8 Å². The molecule has 1 aromatic carbocycles. The van der Waals surface area contributed by atoms with Crippen molar-refractivity contribution in [2.75, 3.05) is 18.4 Å². The highest BCUT2D eigenvalue weighted by atomic mass is 19.4. The van der Waals surface area contributed by atoms with Crippen LogP contribution in [0.15, 0.2) is 36.8 Å². The van der Waals surface area contributed by atoms with Crippen molar-refractivity contribution in [3.8, 4) is 0 Å². The Bertz CT molecular complexity index is 952. The highest BCUT2D eigenvalue weighted by molar-refractivity contribution is 5.94. The van der Waals surface area contributed by atoms with Crippen LogP contribution in [0.3, 0.4) is 0 Å². The van der Waals surface area contributed by atoms with E-state index in [0.29, 0.717) is 18.0 Å². The maximum Gasteiger partial charge on any atom is 0.416 e. The lowest BCUT2D eigenvalue weighted by Crippen LogP contribution is -2.27. The molecule has 0 aliphatic heterocycles. The SMILES string of the molecule is CCCNc1ncnc2c1cnn2CCNC(=O)c1ccc(C(F)(F)F)cc1. The molecule has 28 heavy (non-hydrogen) atoms. The van der Waals surface area contributed by atoms with E-state index in [1.54, 1.807) is 10.9 Å². The molecule has 2 heterocycles. The van der Waals surface area contributed by atoms with Crippen LogP contribution in [0.25, 0.3) is 11.0 Å². The molecule has 3 rings (SSSR count). The monoisotopic (exact) mass is 392 g/mol. The molecular weight excluding hydrogens is 373 g/mol. The summed E-state index contributed by atoms with van der Waals surface area (Å²) in [5.41, 5.74) is 0.00307. The molecule has 148 valence electrons. The zero-order valence-electron chi connectivity index (χ0n) is 15.1. The number of hydrogen-bond donors (Lipinski definition) is 2. The predicted octanol–water partition coefficient (Wildman–Crippen LogP) is 3.10. The first-order valence-corrected chi connectivity index (χ1v) is 8.76. The van der Waals surface area contributed by atoms with Gasteiger partial charge in [0.05, 0.1) is 23.7 Å². The smallest absolute Gasteiger partial charge is 0.369 e. The van der Waals surface area contributed by atoms with Crippen LogP contribution in [-0.2, 0) is 12.7 Å². The van der Waals surface area contributed by atoms with Crippen LogP contribution in [0, 0.1) is 0 Å². The van der Waals surface area contributed by atoms with Gasteiger partial charge in [-0.1, -0.05) is 6.92 Å². The topological polar surface area (TPSA) is 84.7 Å². The van der Waals surface area contributed by atoms with Crippen LogP contribution >= 0.6 is 0 Å². The minimum atomic E-state index is -4.43. The maximum absolute atomic E-state index is 12.6. The van der Waals surface area contributed by atoms with Crippen LogP contribution in [-0.4, -0.2) is 38.7 Å². The summed E-state index contributed by atoms with van der Waals surface area (Å²) in [7, 11) is 0. The van der Waals surface area contributed by atoms with Crippen LogP contribution in [0.5, 0.6) is 0 Å². The molecule has 0 unspecified atom stereocenters. The summed E-state index contributed by atoms with van der Waals surface area (Å²) in [6.07, 6.45) is -0.372. The van der Waals surface area contributed by atoms with E-state index in [0.717, 1.165) is 42.6 Å². The minimum Gasteiger partial charge on any atom is -0.369 e. The summed E-state index contributed by atoms with van der Waals surface area (Å²) in [6.45, 7) is 3.44. The second-order valence-electron chi connectivity index (χ2n) is 6.09. The largest absolute Gasteiger partial charge is 0.416 e. The number of aromatic nitrogens is 4. The van der Waals surface area contributed by atoms with Gasteiger partial charge < -0.3 is 10.6 Å². The number of alkyl halides is 3. The van der Waals surface area contributed by atoms with Crippen molar-refractivity contribution in [2.24, 2.45) is 0 Å². The Labute approximate surface area is 159 Å². The lowest BCUT2D eigenvalue weighted by Gasteiger charge is -2.09. The fourth-order valence-corrected chi connectivity index (χ4v) is 2.63. The zero-order valence-corrected chi connectivity index (χ0v) is 15.1. The molecule has 3 aromatic rings. The number of amides is 1. The average Bonchev–Trinajstić information content (AvgIpc) is 3.09. The fourth-order valence-electron chi connectivity index (χ4n) is 2.63. The third-order valence-electron chi connectivity index (χ3n) is 4.06. The predicted molar refractivity (Wildman–Crippen MR) is 97.9 cm³/mol. The average molecular weight is 392 g/mol. The molecule has 2 aromatic heterocycles. The minimum absolute atomic E-state index is 0.159. The van der Waals surface area contributed by atoms with Crippen molar-refractivity contribution in [2.45, 2.75) is 26.1 Å². The lowest BCUT2D eigenvalue weighted by molar-refractivity contribution is -0.137. The number of hydrogen-bond acceptors (Lipinski definition) is 5. The van der Waals surface area contributed by atoms with Gasteiger partial charge in [0.15, 0.2) is 5.65 Å². The van der Waals surface area contributed by atoms with E-state index in [-0.39, 0.29) is 12.1 Å². The molecule has 0 spiro atoms. The van der Waals surface area contributed by atoms with Crippen LogP contribution < -0.4 is 10.6 Å². The number of anilines is 1. The molecule has 0 aliphatic rings. The molecule has 0 fully saturated rings. The quantitative estimate of drug-likeness (QED) is 0.646. The number of carbonyl (C=O) groups excluding carboxylic acids is 1. The Balaban J connectivity index is 1.61. The summed E-state index contributed by atoms with van der Waals surface area (Å²) in [6, 6.07) is 4.08. The lowest BCUT2D eigenvalue weighted by atomic mass is 10.1. The molecule has 0 saturated heterocycles. The van der Waals surface area contributed by atoms with E-state index >= 15 is 0 Å². The van der Waals surface area contributed by atoms with Gasteiger partial charge in [-0.25, -0.2) is 14.6 Å². The molecule has 0 aliphatic carbocycles. The molecule has 0 atom stereocenters. The first-order chi connectivity index (χ1) is 13.4. The van der Waals surface area contributed by atoms with Crippen molar-refractivity contribution in [3.63, 3.8) is 0 Å². The molecular formula is C18H19F3N6O. The van der Waals surface area contributed by atoms with E-state index in [1.165, 1.54) is 6.33 Å². The van der Waals surface area contributed by atoms with Crippen LogP contribution in [0.1, 0.15) is 29.3 Å². The number of nitrogens with zero attached hydrogens (tertiary/aromatic N) is 4. The Morgan fingerprint density at radius 2 is 1.89 bits per heavy atom. The van der Waals surface area contributed by atoms with E-state index in [2.05, 4.69) is 25.7 Å². The number of carbonyl (C=O) groups is 1. The van der Waals surface area contributed by atoms with Gasteiger partial charge in [-0.05, 0) is 30.7 Å². The number of halogens is 3. The van der Waals surface area contributed by atoms with E-state index in [9.17, 15) is 18.0 Å². The fraction of sp³-hybridized carbons (Fsp3) is 0.333. The van der Waals surface area contributed by atoms with E-state index in [4.69, 9.17) is 0 Å². The molecule has 10 heteroatoms. The standard InChI is InChI=1S/C18H19F3N6O/c1-2-7-22-15-14-10-26-27(16(14)25-11-24-15)9-8-23-17(28)12-3-5-13(6-4-12)18(19,20)21/h3-6,10-11H,2,7-9H2,1H3,(H,23,28)(H,22,24,25). The van der Waals surface area contributed by atoms with E-state index < -0.39 is 17.6 Å². The number of benzene rings is 1. The molecule has 0 saturated carbocycles. The molecule has 7 nitrogen and oxygen atoms in total. The van der Waals surface area contributed by atoms with Gasteiger partial charge in [-0.15, -0.1) is 0 Å². The van der Waals surface area contributed by atoms with Crippen molar-refractivity contribution in [1.29, 1.82) is 0 Å². The Kier molecular flexibility index (Phi) is 5.76. The van der Waals surface area contributed by atoms with Gasteiger partial charge in [0, 0.05) is 18.7 Å². The summed E-state index contributed by atoms with van der Waals surface area (Å²) in [5, 5.41) is 10.9. The van der Waals surface area contributed by atoms with Crippen molar-refractivity contribution < 1.29 is 18.0 Å². The molecule has 0 radical (unpaired) electrons. The van der Waals surface area contributed by atoms with Crippen molar-refractivity contribution in [1.82, 2.24) is 25.1 Å². The molecule has 1 amide bonds. The number of fused-ring (bicyclic) bond motifs is 1. The second-order valence-corrected chi connectivity index (χ2v) is 6.09. The Morgan fingerprint density at radius 3 is 2.57 bits per heavy atom. The number of rotatable bonds is 7. The first kappa shape index (κ1) is 19.6. The van der Waals surface area contributed by atoms with Gasteiger partial charge in [-0.3, -0.25) is 4.79 Å². The number of nitrogens with one attached hydrogen (secondary N) is 2. The summed E-state index contributed by atoms with van der Waals surface area (Å²) < 4.78 is 39.4. The third-order valence-corrected chi connectivity index (χ3v) is 4.06. The third kappa shape index (κ3) is 4.38. The molecule has 2 N–H and O–H groups in total. The Morgan fingerprint density at radius 1 is 1.14 bits per heavy atom. The Hall–Kier alpha value is -3.17. The van der Waals surface area contributed by atoms with Crippen LogP contribution in [0.4, 0.5) is 19.0 Å². The summed E-state index contributed by atoms with van der Waals surface area (Å²) >= 11 is 0. The normalized spacial score (nSPS) is 11.6. The van der Waals surface area contributed by atoms with E-state index in [1.807, 2.05) is 6.92 Å². The first-order valence-electron chi connectivity index (χ1n) is 8.76. The highest BCUT2D eigenvalue weighted by Crippen LogP contribution is 2.29.